The summed E-state index contributed by atoms with van der Waals surface area (Å²) in [7, 11) is 0. The molecule has 0 aliphatic heterocycles. The van der Waals surface area contributed by atoms with E-state index in [1.54, 1.807) is 0 Å². The molecule has 2 N–H and O–H groups in total. The Morgan fingerprint density at radius 2 is 2.15 bits per heavy atom. The van der Waals surface area contributed by atoms with Crippen molar-refractivity contribution in [2.45, 2.75) is 44.1 Å². The molecule has 13 heavy (non-hydrogen) atoms. The number of hydrogen-bond acceptors (Lipinski definition) is 2. The molecule has 2 unspecified atom stereocenters. The van der Waals surface area contributed by atoms with Crippen LogP contribution in [0.4, 0.5) is 0 Å². The topological polar surface area (TPSA) is 26.0 Å². The SMILES string of the molecule is NC1CCCCC(c2cccs2)C1. The molecule has 1 heterocycles. The van der Waals surface area contributed by atoms with Crippen molar-refractivity contribution in [3.05, 3.63) is 22.4 Å². The van der Waals surface area contributed by atoms with E-state index in [1.807, 2.05) is 11.3 Å². The molecule has 2 rings (SSSR count). The van der Waals surface area contributed by atoms with Crippen LogP contribution in [-0.2, 0) is 0 Å². The van der Waals surface area contributed by atoms with Gasteiger partial charge in [-0.3, -0.25) is 0 Å². The second-order valence-corrected chi connectivity index (χ2v) is 4.97. The molecule has 0 amide bonds. The minimum absolute atomic E-state index is 0.439. The van der Waals surface area contributed by atoms with Gasteiger partial charge in [-0.25, -0.2) is 0 Å². The molecule has 2 heteroatoms. The van der Waals surface area contributed by atoms with E-state index in [-0.39, 0.29) is 0 Å². The van der Waals surface area contributed by atoms with Crippen molar-refractivity contribution >= 4 is 11.3 Å². The van der Waals surface area contributed by atoms with Crippen molar-refractivity contribution in [2.75, 3.05) is 0 Å². The average Bonchev–Trinajstić information content (AvgIpc) is 2.56. The summed E-state index contributed by atoms with van der Waals surface area (Å²) >= 11 is 1.89. The highest BCUT2D eigenvalue weighted by Gasteiger charge is 2.19. The molecule has 2 atom stereocenters. The Hall–Kier alpha value is -0.340. The molecule has 0 aromatic carbocycles. The summed E-state index contributed by atoms with van der Waals surface area (Å²) in [6.45, 7) is 0. The van der Waals surface area contributed by atoms with Gasteiger partial charge < -0.3 is 5.73 Å². The van der Waals surface area contributed by atoms with Crippen LogP contribution < -0.4 is 5.73 Å². The van der Waals surface area contributed by atoms with Crippen molar-refractivity contribution in [1.29, 1.82) is 0 Å². The lowest BCUT2D eigenvalue weighted by Gasteiger charge is -2.14. The lowest BCUT2D eigenvalue weighted by atomic mass is 9.97. The summed E-state index contributed by atoms with van der Waals surface area (Å²) in [5.74, 6) is 0.748. The molecule has 0 radical (unpaired) electrons. The monoisotopic (exact) mass is 195 g/mol. The third-order valence-electron chi connectivity index (χ3n) is 2.91. The highest BCUT2D eigenvalue weighted by atomic mass is 32.1. The fourth-order valence-corrected chi connectivity index (χ4v) is 3.06. The second kappa shape index (κ2) is 4.25. The first-order chi connectivity index (χ1) is 6.36. The molecule has 1 saturated carbocycles. The number of hydrogen-bond donors (Lipinski definition) is 1. The van der Waals surface area contributed by atoms with Crippen LogP contribution in [0.1, 0.15) is 42.9 Å². The van der Waals surface area contributed by atoms with Crippen LogP contribution in [0.5, 0.6) is 0 Å². The Kier molecular flexibility index (Phi) is 3.01. The van der Waals surface area contributed by atoms with Crippen molar-refractivity contribution in [3.63, 3.8) is 0 Å². The van der Waals surface area contributed by atoms with E-state index in [4.69, 9.17) is 5.73 Å². The molecule has 1 aliphatic carbocycles. The minimum Gasteiger partial charge on any atom is -0.328 e. The number of nitrogens with two attached hydrogens (primary N) is 1. The zero-order valence-electron chi connectivity index (χ0n) is 7.91. The molecule has 1 aliphatic rings. The van der Waals surface area contributed by atoms with Crippen LogP contribution in [0.25, 0.3) is 0 Å². The molecule has 72 valence electrons. The Morgan fingerprint density at radius 3 is 2.92 bits per heavy atom. The molecular formula is C11H17NS. The van der Waals surface area contributed by atoms with E-state index in [9.17, 15) is 0 Å². The molecule has 0 bridgehead atoms. The Labute approximate surface area is 84.0 Å². The van der Waals surface area contributed by atoms with Gasteiger partial charge in [0.05, 0.1) is 0 Å². The summed E-state index contributed by atoms with van der Waals surface area (Å²) in [6.07, 6.45) is 6.44. The largest absolute Gasteiger partial charge is 0.328 e. The van der Waals surface area contributed by atoms with Crippen LogP contribution in [0, 0.1) is 0 Å². The highest BCUT2D eigenvalue weighted by Crippen LogP contribution is 2.33. The lowest BCUT2D eigenvalue weighted by molar-refractivity contribution is 0.541. The van der Waals surface area contributed by atoms with E-state index < -0.39 is 0 Å². The molecule has 1 fully saturated rings. The Balaban J connectivity index is 2.05. The maximum Gasteiger partial charge on any atom is 0.00767 e. The van der Waals surface area contributed by atoms with Gasteiger partial charge in [-0.1, -0.05) is 18.9 Å². The standard InChI is InChI=1S/C11H17NS/c12-10-5-2-1-4-9(8-10)11-6-3-7-13-11/h3,6-7,9-10H,1-2,4-5,8,12H2. The predicted octanol–water partition coefficient (Wildman–Crippen LogP) is 3.12. The quantitative estimate of drug-likeness (QED) is 0.685. The van der Waals surface area contributed by atoms with Gasteiger partial charge >= 0.3 is 0 Å². The Bertz CT molecular complexity index is 243. The van der Waals surface area contributed by atoms with Gasteiger partial charge in [-0.05, 0) is 36.6 Å². The van der Waals surface area contributed by atoms with E-state index >= 15 is 0 Å². The fraction of sp³-hybridized carbons (Fsp3) is 0.636. The molecule has 1 aromatic rings. The first-order valence-electron chi connectivity index (χ1n) is 5.15. The summed E-state index contributed by atoms with van der Waals surface area (Å²) in [5.41, 5.74) is 6.04. The van der Waals surface area contributed by atoms with Crippen LogP contribution in [0.2, 0.25) is 0 Å². The average molecular weight is 195 g/mol. The van der Waals surface area contributed by atoms with E-state index in [1.165, 1.54) is 37.0 Å². The van der Waals surface area contributed by atoms with Crippen molar-refractivity contribution in [2.24, 2.45) is 5.73 Å². The fourth-order valence-electron chi connectivity index (χ4n) is 2.18. The van der Waals surface area contributed by atoms with Crippen LogP contribution in [0.3, 0.4) is 0 Å². The minimum atomic E-state index is 0.439. The number of rotatable bonds is 1. The van der Waals surface area contributed by atoms with E-state index in [0.717, 1.165) is 5.92 Å². The van der Waals surface area contributed by atoms with Crippen LogP contribution in [-0.4, -0.2) is 6.04 Å². The molecule has 1 aromatic heterocycles. The molecule has 0 saturated heterocycles. The molecule has 1 nitrogen and oxygen atoms in total. The summed E-state index contributed by atoms with van der Waals surface area (Å²) < 4.78 is 0. The van der Waals surface area contributed by atoms with Gasteiger partial charge in [-0.2, -0.15) is 0 Å². The van der Waals surface area contributed by atoms with E-state index in [0.29, 0.717) is 6.04 Å². The first kappa shape index (κ1) is 9.22. The lowest BCUT2D eigenvalue weighted by Crippen LogP contribution is -2.20. The van der Waals surface area contributed by atoms with Gasteiger partial charge in [-0.15, -0.1) is 11.3 Å². The molecule has 0 spiro atoms. The van der Waals surface area contributed by atoms with Gasteiger partial charge in [0, 0.05) is 10.9 Å². The summed E-state index contributed by atoms with van der Waals surface area (Å²) in [4.78, 5) is 1.54. The Morgan fingerprint density at radius 1 is 1.31 bits per heavy atom. The van der Waals surface area contributed by atoms with Crippen LogP contribution >= 0.6 is 11.3 Å². The smallest absolute Gasteiger partial charge is 0.00767 e. The maximum absolute atomic E-state index is 6.04. The normalized spacial score (nSPS) is 29.9. The van der Waals surface area contributed by atoms with Gasteiger partial charge in [0.25, 0.3) is 0 Å². The summed E-state index contributed by atoms with van der Waals surface area (Å²) in [5, 5.41) is 2.17. The second-order valence-electron chi connectivity index (χ2n) is 3.99. The van der Waals surface area contributed by atoms with Gasteiger partial charge in [0.1, 0.15) is 0 Å². The predicted molar refractivity (Wildman–Crippen MR) is 58.1 cm³/mol. The summed E-state index contributed by atoms with van der Waals surface area (Å²) in [6, 6.07) is 4.85. The van der Waals surface area contributed by atoms with Gasteiger partial charge in [0.15, 0.2) is 0 Å². The number of thiophene rings is 1. The van der Waals surface area contributed by atoms with Crippen molar-refractivity contribution < 1.29 is 0 Å². The third-order valence-corrected chi connectivity index (χ3v) is 3.95. The van der Waals surface area contributed by atoms with Gasteiger partial charge in [0.2, 0.25) is 0 Å². The van der Waals surface area contributed by atoms with Crippen LogP contribution in [0.15, 0.2) is 17.5 Å². The molecular weight excluding hydrogens is 178 g/mol. The van der Waals surface area contributed by atoms with E-state index in [2.05, 4.69) is 17.5 Å². The van der Waals surface area contributed by atoms with Crippen molar-refractivity contribution in [3.8, 4) is 0 Å². The highest BCUT2D eigenvalue weighted by molar-refractivity contribution is 7.10. The maximum atomic E-state index is 6.04. The van der Waals surface area contributed by atoms with Crippen molar-refractivity contribution in [1.82, 2.24) is 0 Å². The third kappa shape index (κ3) is 2.32. The first-order valence-corrected chi connectivity index (χ1v) is 6.03. The zero-order chi connectivity index (χ0) is 9.10. The zero-order valence-corrected chi connectivity index (χ0v) is 8.72.